The number of ether oxygens (including phenoxy) is 3. The van der Waals surface area contributed by atoms with E-state index >= 15 is 0 Å². The molecule has 2 rings (SSSR count). The molecule has 0 spiro atoms. The number of nitriles is 1. The summed E-state index contributed by atoms with van der Waals surface area (Å²) >= 11 is 1.34. The fraction of sp³-hybridized carbons (Fsp3) is 0.583. The van der Waals surface area contributed by atoms with Crippen LogP contribution in [-0.4, -0.2) is 46.6 Å². The molecule has 0 amide bonds. The topological polar surface area (TPSA) is 80.7 Å². The Morgan fingerprint density at radius 2 is 1.84 bits per heavy atom. The molecule has 1 aliphatic rings. The molecule has 1 saturated heterocycles. The largest absolute Gasteiger partial charge is 0.492 e. The summed E-state index contributed by atoms with van der Waals surface area (Å²) in [6.45, 7) is 1.38. The predicted octanol–water partition coefficient (Wildman–Crippen LogP) is 1.06. The molecule has 2 unspecified atom stereocenters. The average Bonchev–Trinajstić information content (AvgIpc) is 2.98. The number of nitrogens with zero attached hydrogens (tertiary/aromatic N) is 2. The highest BCUT2D eigenvalue weighted by Gasteiger charge is 2.36. The Hall–Kier alpha value is -1.49. The first-order valence-corrected chi connectivity index (χ1v) is 6.64. The molecule has 1 fully saturated rings. The summed E-state index contributed by atoms with van der Waals surface area (Å²) in [6.07, 6.45) is 0.00660. The first kappa shape index (κ1) is 13.9. The van der Waals surface area contributed by atoms with E-state index in [9.17, 15) is 0 Å². The molecule has 2 atom stereocenters. The molecule has 19 heavy (non-hydrogen) atoms. The van der Waals surface area contributed by atoms with Crippen LogP contribution < -0.4 is 15.4 Å². The Labute approximate surface area is 116 Å². The van der Waals surface area contributed by atoms with E-state index in [1.54, 1.807) is 21.3 Å². The van der Waals surface area contributed by atoms with Gasteiger partial charge < -0.3 is 24.8 Å². The highest BCUT2D eigenvalue weighted by atomic mass is 32.1. The van der Waals surface area contributed by atoms with Crippen LogP contribution in [0, 0.1) is 11.3 Å². The van der Waals surface area contributed by atoms with Crippen LogP contribution in [0.15, 0.2) is 0 Å². The van der Waals surface area contributed by atoms with Crippen LogP contribution in [0.4, 0.5) is 10.7 Å². The number of nitrogens with two attached hydrogens (primary N) is 1. The molecule has 0 aliphatic carbocycles. The van der Waals surface area contributed by atoms with Gasteiger partial charge >= 0.3 is 0 Å². The van der Waals surface area contributed by atoms with E-state index in [0.717, 1.165) is 5.00 Å². The molecule has 1 aromatic rings. The van der Waals surface area contributed by atoms with Crippen molar-refractivity contribution in [3.63, 3.8) is 0 Å². The Balaban J connectivity index is 2.31. The quantitative estimate of drug-likeness (QED) is 0.890. The van der Waals surface area contributed by atoms with Gasteiger partial charge in [-0.05, 0) is 0 Å². The second-order valence-corrected chi connectivity index (χ2v) is 5.25. The Morgan fingerprint density at radius 1 is 1.26 bits per heavy atom. The summed E-state index contributed by atoms with van der Waals surface area (Å²) in [5.41, 5.74) is 6.30. The van der Waals surface area contributed by atoms with Gasteiger partial charge in [-0.15, -0.1) is 11.3 Å². The normalized spacial score (nSPS) is 22.5. The Bertz CT molecular complexity index is 485. The molecule has 0 aromatic carbocycles. The molecule has 0 radical (unpaired) electrons. The number of nitrogen functional groups attached to an aromatic ring is 1. The second kappa shape index (κ2) is 5.65. The van der Waals surface area contributed by atoms with Gasteiger partial charge in [0.15, 0.2) is 5.75 Å². The molecular weight excluding hydrogens is 266 g/mol. The zero-order valence-electron chi connectivity index (χ0n) is 11.2. The highest BCUT2D eigenvalue weighted by Crippen LogP contribution is 2.45. The van der Waals surface area contributed by atoms with E-state index in [-0.39, 0.29) is 12.2 Å². The van der Waals surface area contributed by atoms with Crippen molar-refractivity contribution in [3.05, 3.63) is 4.88 Å². The van der Waals surface area contributed by atoms with Crippen molar-refractivity contribution < 1.29 is 14.2 Å². The van der Waals surface area contributed by atoms with Crippen LogP contribution in [-0.2, 0) is 9.47 Å². The standard InChI is InChI=1S/C12H17N3O3S/c1-16-7-5-15(6-8(7)17-2)12-11(18-3)10(14)9(4-13)19-12/h7-8H,5-6,14H2,1-3H3. The maximum Gasteiger partial charge on any atom is 0.177 e. The number of anilines is 2. The van der Waals surface area contributed by atoms with Crippen molar-refractivity contribution >= 4 is 22.0 Å². The van der Waals surface area contributed by atoms with Gasteiger partial charge in [-0.1, -0.05) is 0 Å². The molecule has 2 heterocycles. The fourth-order valence-electron chi connectivity index (χ4n) is 2.27. The number of hydrogen-bond donors (Lipinski definition) is 1. The number of hydrogen-bond acceptors (Lipinski definition) is 7. The van der Waals surface area contributed by atoms with E-state index in [0.29, 0.717) is 29.4 Å². The van der Waals surface area contributed by atoms with Gasteiger partial charge in [0.2, 0.25) is 0 Å². The van der Waals surface area contributed by atoms with Crippen LogP contribution in [0.5, 0.6) is 5.75 Å². The molecule has 7 heteroatoms. The van der Waals surface area contributed by atoms with Crippen molar-refractivity contribution in [2.75, 3.05) is 45.1 Å². The first-order valence-electron chi connectivity index (χ1n) is 5.83. The lowest BCUT2D eigenvalue weighted by Gasteiger charge is -2.17. The lowest BCUT2D eigenvalue weighted by atomic mass is 10.3. The smallest absolute Gasteiger partial charge is 0.177 e. The van der Waals surface area contributed by atoms with Gasteiger partial charge in [-0.25, -0.2) is 0 Å². The highest BCUT2D eigenvalue weighted by molar-refractivity contribution is 7.17. The molecule has 1 aliphatic heterocycles. The number of rotatable bonds is 4. The third-order valence-electron chi connectivity index (χ3n) is 3.30. The summed E-state index contributed by atoms with van der Waals surface area (Å²) < 4.78 is 16.1. The van der Waals surface area contributed by atoms with Gasteiger partial charge in [-0.3, -0.25) is 0 Å². The van der Waals surface area contributed by atoms with Crippen molar-refractivity contribution in [1.29, 1.82) is 5.26 Å². The first-order chi connectivity index (χ1) is 9.15. The Morgan fingerprint density at radius 3 is 2.26 bits per heavy atom. The zero-order chi connectivity index (χ0) is 14.0. The summed E-state index contributed by atoms with van der Waals surface area (Å²) in [5, 5.41) is 9.91. The second-order valence-electron chi connectivity index (χ2n) is 4.25. The summed E-state index contributed by atoms with van der Waals surface area (Å²) in [7, 11) is 4.89. The lowest BCUT2D eigenvalue weighted by Crippen LogP contribution is -2.27. The van der Waals surface area contributed by atoms with Gasteiger partial charge in [0.25, 0.3) is 0 Å². The van der Waals surface area contributed by atoms with Crippen LogP contribution in [0.1, 0.15) is 4.88 Å². The van der Waals surface area contributed by atoms with E-state index in [1.807, 2.05) is 0 Å². The minimum atomic E-state index is 0.00330. The maximum absolute atomic E-state index is 9.05. The summed E-state index contributed by atoms with van der Waals surface area (Å²) in [5.74, 6) is 0.563. The van der Waals surface area contributed by atoms with Crippen molar-refractivity contribution in [2.24, 2.45) is 0 Å². The van der Waals surface area contributed by atoms with Gasteiger partial charge in [0.1, 0.15) is 33.8 Å². The third-order valence-corrected chi connectivity index (χ3v) is 4.45. The zero-order valence-corrected chi connectivity index (χ0v) is 12.0. The molecular formula is C12H17N3O3S. The molecule has 104 valence electrons. The SMILES string of the molecule is COc1c(N2CC(OC)C(OC)C2)sc(C#N)c1N. The van der Waals surface area contributed by atoms with Crippen LogP contribution >= 0.6 is 11.3 Å². The van der Waals surface area contributed by atoms with Crippen LogP contribution in [0.3, 0.4) is 0 Å². The van der Waals surface area contributed by atoms with Crippen molar-refractivity contribution in [3.8, 4) is 11.8 Å². The monoisotopic (exact) mass is 283 g/mol. The predicted molar refractivity (Wildman–Crippen MR) is 73.8 cm³/mol. The fourth-order valence-corrected chi connectivity index (χ4v) is 3.27. The van der Waals surface area contributed by atoms with Gasteiger partial charge in [0.05, 0.1) is 7.11 Å². The molecule has 2 N–H and O–H groups in total. The third kappa shape index (κ3) is 2.34. The molecule has 6 nitrogen and oxygen atoms in total. The van der Waals surface area contributed by atoms with Crippen LogP contribution in [0.25, 0.3) is 0 Å². The van der Waals surface area contributed by atoms with E-state index in [1.165, 1.54) is 11.3 Å². The van der Waals surface area contributed by atoms with Crippen LogP contribution in [0.2, 0.25) is 0 Å². The minimum absolute atomic E-state index is 0.00330. The number of thiophene rings is 1. The van der Waals surface area contributed by atoms with Gasteiger partial charge in [-0.2, -0.15) is 5.26 Å². The average molecular weight is 283 g/mol. The summed E-state index contributed by atoms with van der Waals surface area (Å²) in [4.78, 5) is 2.56. The van der Waals surface area contributed by atoms with E-state index < -0.39 is 0 Å². The molecule has 0 bridgehead atoms. The molecule has 0 saturated carbocycles. The van der Waals surface area contributed by atoms with E-state index in [4.69, 9.17) is 25.2 Å². The van der Waals surface area contributed by atoms with Crippen molar-refractivity contribution in [2.45, 2.75) is 12.2 Å². The Kier molecular flexibility index (Phi) is 4.14. The summed E-state index contributed by atoms with van der Waals surface area (Å²) in [6, 6.07) is 2.09. The molecule has 1 aromatic heterocycles. The van der Waals surface area contributed by atoms with E-state index in [2.05, 4.69) is 11.0 Å². The lowest BCUT2D eigenvalue weighted by molar-refractivity contribution is -0.00461. The number of methoxy groups -OCH3 is 3. The minimum Gasteiger partial charge on any atom is -0.492 e. The van der Waals surface area contributed by atoms with Gasteiger partial charge in [0, 0.05) is 27.3 Å². The maximum atomic E-state index is 9.05. The van der Waals surface area contributed by atoms with Crippen molar-refractivity contribution in [1.82, 2.24) is 0 Å².